The first-order valence-corrected chi connectivity index (χ1v) is 8.26. The standard InChI is InChI=1S/C17H19ClFNS/c1-3-10-20-12(2)16-9-8-15(11-17(16)18)21-14-6-4-13(19)5-7-14/h4-9,11-12,20H,3,10H2,1-2H3. The van der Waals surface area contributed by atoms with Gasteiger partial charge in [-0.1, -0.05) is 36.4 Å². The van der Waals surface area contributed by atoms with Gasteiger partial charge in [0.25, 0.3) is 0 Å². The van der Waals surface area contributed by atoms with Gasteiger partial charge < -0.3 is 5.32 Å². The number of nitrogens with one attached hydrogen (secondary N) is 1. The molecule has 0 bridgehead atoms. The molecule has 1 N–H and O–H groups in total. The van der Waals surface area contributed by atoms with Gasteiger partial charge in [0, 0.05) is 20.9 Å². The first kappa shape index (κ1) is 16.3. The quantitative estimate of drug-likeness (QED) is 0.732. The van der Waals surface area contributed by atoms with Crippen molar-refractivity contribution in [1.29, 1.82) is 0 Å². The Hall–Kier alpha value is -1.03. The number of benzene rings is 2. The van der Waals surface area contributed by atoms with Gasteiger partial charge in [0.1, 0.15) is 5.82 Å². The van der Waals surface area contributed by atoms with Crippen LogP contribution < -0.4 is 5.32 Å². The third-order valence-corrected chi connectivity index (χ3v) is 4.51. The van der Waals surface area contributed by atoms with E-state index in [1.54, 1.807) is 23.9 Å². The molecular formula is C17H19ClFNS. The topological polar surface area (TPSA) is 12.0 Å². The minimum atomic E-state index is -0.219. The second kappa shape index (κ2) is 7.83. The van der Waals surface area contributed by atoms with E-state index >= 15 is 0 Å². The molecule has 0 aliphatic heterocycles. The molecule has 2 aromatic rings. The zero-order chi connectivity index (χ0) is 15.2. The zero-order valence-corrected chi connectivity index (χ0v) is 13.8. The minimum absolute atomic E-state index is 0.219. The van der Waals surface area contributed by atoms with E-state index in [0.29, 0.717) is 0 Å². The van der Waals surface area contributed by atoms with E-state index in [0.717, 1.165) is 33.3 Å². The molecule has 4 heteroatoms. The van der Waals surface area contributed by atoms with Gasteiger partial charge in [-0.15, -0.1) is 0 Å². The molecule has 21 heavy (non-hydrogen) atoms. The summed E-state index contributed by atoms with van der Waals surface area (Å²) in [5, 5.41) is 4.19. The van der Waals surface area contributed by atoms with Crippen LogP contribution in [0.2, 0.25) is 5.02 Å². The van der Waals surface area contributed by atoms with E-state index in [-0.39, 0.29) is 11.9 Å². The minimum Gasteiger partial charge on any atom is -0.310 e. The van der Waals surface area contributed by atoms with Gasteiger partial charge in [-0.2, -0.15) is 0 Å². The first-order valence-electron chi connectivity index (χ1n) is 7.06. The highest BCUT2D eigenvalue weighted by Gasteiger charge is 2.10. The van der Waals surface area contributed by atoms with Crippen molar-refractivity contribution < 1.29 is 4.39 Å². The molecule has 0 heterocycles. The average Bonchev–Trinajstić information content (AvgIpc) is 2.47. The number of hydrogen-bond donors (Lipinski definition) is 1. The van der Waals surface area contributed by atoms with Crippen LogP contribution in [-0.4, -0.2) is 6.54 Å². The lowest BCUT2D eigenvalue weighted by atomic mass is 10.1. The van der Waals surface area contributed by atoms with Crippen molar-refractivity contribution in [2.75, 3.05) is 6.54 Å². The van der Waals surface area contributed by atoms with E-state index < -0.39 is 0 Å². The molecule has 0 spiro atoms. The molecule has 112 valence electrons. The van der Waals surface area contributed by atoms with E-state index in [2.05, 4.69) is 31.3 Å². The Kier molecular flexibility index (Phi) is 6.09. The molecule has 0 radical (unpaired) electrons. The lowest BCUT2D eigenvalue weighted by Gasteiger charge is -2.16. The smallest absolute Gasteiger partial charge is 0.123 e. The Morgan fingerprint density at radius 3 is 2.43 bits per heavy atom. The molecule has 0 saturated carbocycles. The van der Waals surface area contributed by atoms with Crippen LogP contribution in [0.5, 0.6) is 0 Å². The van der Waals surface area contributed by atoms with Crippen molar-refractivity contribution >= 4 is 23.4 Å². The summed E-state index contributed by atoms with van der Waals surface area (Å²) in [6.07, 6.45) is 1.10. The van der Waals surface area contributed by atoms with Gasteiger partial charge in [-0.3, -0.25) is 0 Å². The maximum atomic E-state index is 12.9. The fraction of sp³-hybridized carbons (Fsp3) is 0.294. The fourth-order valence-electron chi connectivity index (χ4n) is 2.03. The van der Waals surface area contributed by atoms with E-state index in [4.69, 9.17) is 11.6 Å². The third-order valence-electron chi connectivity index (χ3n) is 3.19. The summed E-state index contributed by atoms with van der Waals surface area (Å²) in [6, 6.07) is 12.8. The Morgan fingerprint density at radius 1 is 1.14 bits per heavy atom. The van der Waals surface area contributed by atoms with E-state index in [9.17, 15) is 4.39 Å². The van der Waals surface area contributed by atoms with Crippen molar-refractivity contribution in [3.63, 3.8) is 0 Å². The summed E-state index contributed by atoms with van der Waals surface area (Å²) in [4.78, 5) is 2.05. The van der Waals surface area contributed by atoms with Crippen LogP contribution in [0, 0.1) is 5.82 Å². The molecule has 0 amide bonds. The van der Waals surface area contributed by atoms with Crippen LogP contribution in [0.3, 0.4) is 0 Å². The SMILES string of the molecule is CCCNC(C)c1ccc(Sc2ccc(F)cc2)cc1Cl. The van der Waals surface area contributed by atoms with E-state index in [1.807, 2.05) is 6.07 Å². The van der Waals surface area contributed by atoms with Crippen LogP contribution in [-0.2, 0) is 0 Å². The zero-order valence-electron chi connectivity index (χ0n) is 12.2. The number of rotatable bonds is 6. The van der Waals surface area contributed by atoms with Crippen molar-refractivity contribution in [3.8, 4) is 0 Å². The molecule has 2 aromatic carbocycles. The molecular weight excluding hydrogens is 305 g/mol. The van der Waals surface area contributed by atoms with Crippen LogP contribution in [0.1, 0.15) is 31.9 Å². The van der Waals surface area contributed by atoms with Gasteiger partial charge >= 0.3 is 0 Å². The lowest BCUT2D eigenvalue weighted by molar-refractivity contribution is 0.570. The molecule has 0 saturated heterocycles. The first-order chi connectivity index (χ1) is 10.1. The summed E-state index contributed by atoms with van der Waals surface area (Å²) in [5.74, 6) is -0.219. The normalized spacial score (nSPS) is 12.4. The predicted octanol–water partition coefficient (Wildman–Crippen LogP) is 5.69. The summed E-state index contributed by atoms with van der Waals surface area (Å²) in [7, 11) is 0. The molecule has 2 rings (SSSR count). The van der Waals surface area contributed by atoms with E-state index in [1.165, 1.54) is 12.1 Å². The molecule has 0 aliphatic carbocycles. The maximum absolute atomic E-state index is 12.9. The Bertz CT molecular complexity index is 586. The molecule has 1 nitrogen and oxygen atoms in total. The number of hydrogen-bond acceptors (Lipinski definition) is 2. The van der Waals surface area contributed by atoms with Crippen LogP contribution in [0.25, 0.3) is 0 Å². The summed E-state index contributed by atoms with van der Waals surface area (Å²) >= 11 is 7.96. The highest BCUT2D eigenvalue weighted by atomic mass is 35.5. The van der Waals surface area contributed by atoms with Crippen molar-refractivity contribution in [2.24, 2.45) is 0 Å². The molecule has 1 atom stereocenters. The fourth-order valence-corrected chi connectivity index (χ4v) is 3.30. The third kappa shape index (κ3) is 4.73. The Balaban J connectivity index is 2.09. The van der Waals surface area contributed by atoms with Crippen LogP contribution in [0.4, 0.5) is 4.39 Å². The van der Waals surface area contributed by atoms with Crippen molar-refractivity contribution in [3.05, 3.63) is 58.9 Å². The summed E-state index contributed by atoms with van der Waals surface area (Å²) in [6.45, 7) is 5.23. The molecule has 0 fully saturated rings. The maximum Gasteiger partial charge on any atom is 0.123 e. The Labute approximate surface area is 134 Å². The van der Waals surface area contributed by atoms with Crippen LogP contribution >= 0.6 is 23.4 Å². The van der Waals surface area contributed by atoms with Gasteiger partial charge in [0.05, 0.1) is 0 Å². The monoisotopic (exact) mass is 323 g/mol. The molecule has 0 aromatic heterocycles. The van der Waals surface area contributed by atoms with Gasteiger partial charge in [0.2, 0.25) is 0 Å². The Morgan fingerprint density at radius 2 is 1.81 bits per heavy atom. The highest BCUT2D eigenvalue weighted by Crippen LogP contribution is 2.32. The second-order valence-electron chi connectivity index (χ2n) is 4.92. The van der Waals surface area contributed by atoms with Crippen molar-refractivity contribution in [1.82, 2.24) is 5.32 Å². The van der Waals surface area contributed by atoms with Gasteiger partial charge in [0.15, 0.2) is 0 Å². The van der Waals surface area contributed by atoms with Gasteiger partial charge in [-0.05, 0) is 61.9 Å². The lowest BCUT2D eigenvalue weighted by Crippen LogP contribution is -2.19. The second-order valence-corrected chi connectivity index (χ2v) is 6.47. The predicted molar refractivity (Wildman–Crippen MR) is 88.7 cm³/mol. The van der Waals surface area contributed by atoms with Gasteiger partial charge in [-0.25, -0.2) is 4.39 Å². The average molecular weight is 324 g/mol. The summed E-state index contributed by atoms with van der Waals surface area (Å²) < 4.78 is 12.9. The summed E-state index contributed by atoms with van der Waals surface area (Å²) in [5.41, 5.74) is 1.11. The highest BCUT2D eigenvalue weighted by molar-refractivity contribution is 7.99. The van der Waals surface area contributed by atoms with Crippen molar-refractivity contribution in [2.45, 2.75) is 36.1 Å². The number of halogens is 2. The molecule has 0 aliphatic rings. The largest absolute Gasteiger partial charge is 0.310 e. The van der Waals surface area contributed by atoms with Crippen LogP contribution in [0.15, 0.2) is 52.3 Å². The molecule has 1 unspecified atom stereocenters.